The van der Waals surface area contributed by atoms with E-state index in [0.717, 1.165) is 15.7 Å². The van der Waals surface area contributed by atoms with E-state index in [1.54, 1.807) is 19.1 Å². The molecule has 0 fully saturated rings. The van der Waals surface area contributed by atoms with Gasteiger partial charge in [-0.05, 0) is 38.1 Å². The molecule has 0 radical (unpaired) electrons. The van der Waals surface area contributed by atoms with Crippen molar-refractivity contribution in [3.05, 3.63) is 52.0 Å². The summed E-state index contributed by atoms with van der Waals surface area (Å²) in [6, 6.07) is 10.6. The molecule has 0 aliphatic rings. The number of phenols is 1. The van der Waals surface area contributed by atoms with Crippen molar-refractivity contribution in [2.75, 3.05) is 12.4 Å². The van der Waals surface area contributed by atoms with Crippen LogP contribution in [0.4, 0.5) is 5.69 Å². The fourth-order valence-corrected chi connectivity index (χ4v) is 2.53. The highest BCUT2D eigenvalue weighted by Gasteiger charge is 2.12. The minimum Gasteiger partial charge on any atom is -0.504 e. The topological polar surface area (TPSA) is 83.0 Å². The molecule has 1 unspecified atom stereocenters. The summed E-state index contributed by atoms with van der Waals surface area (Å²) in [5, 5.41) is 17.0. The van der Waals surface area contributed by atoms with E-state index in [4.69, 9.17) is 4.74 Å². The van der Waals surface area contributed by atoms with Crippen molar-refractivity contribution in [2.45, 2.75) is 19.9 Å². The number of rotatable bonds is 6. The highest BCUT2D eigenvalue weighted by atomic mass is 79.9. The number of amides is 1. The fraction of sp³-hybridized carbons (Fsp3) is 0.222. The maximum absolute atomic E-state index is 12.1. The molecule has 0 aliphatic heterocycles. The summed E-state index contributed by atoms with van der Waals surface area (Å²) in [5.41, 5.74) is 4.87. The molecule has 0 heterocycles. The first-order valence-electron chi connectivity index (χ1n) is 7.63. The second-order valence-corrected chi connectivity index (χ2v) is 6.43. The van der Waals surface area contributed by atoms with E-state index >= 15 is 0 Å². The van der Waals surface area contributed by atoms with E-state index in [1.807, 2.05) is 31.2 Å². The van der Waals surface area contributed by atoms with Gasteiger partial charge in [-0.3, -0.25) is 4.79 Å². The number of phenolic OH excluding ortho intramolecular Hbond substituents is 1. The van der Waals surface area contributed by atoms with Crippen LogP contribution in [0.25, 0.3) is 0 Å². The first-order chi connectivity index (χ1) is 11.9. The Morgan fingerprint density at radius 1 is 1.32 bits per heavy atom. The molecular formula is C18H20BrN3O3. The molecule has 0 bridgehead atoms. The van der Waals surface area contributed by atoms with Gasteiger partial charge in [0.25, 0.3) is 5.91 Å². The Kier molecular flexibility index (Phi) is 6.41. The molecule has 0 aliphatic carbocycles. The number of benzene rings is 2. The predicted octanol–water partition coefficient (Wildman–Crippen LogP) is 3.42. The summed E-state index contributed by atoms with van der Waals surface area (Å²) in [7, 11) is 1.46. The summed E-state index contributed by atoms with van der Waals surface area (Å²) >= 11 is 3.32. The Bertz CT molecular complexity index is 776. The van der Waals surface area contributed by atoms with Crippen LogP contribution in [0.1, 0.15) is 18.1 Å². The normalized spacial score (nSPS) is 12.0. The van der Waals surface area contributed by atoms with Crippen molar-refractivity contribution < 1.29 is 14.6 Å². The number of carbonyl (C=O) groups is 1. The largest absolute Gasteiger partial charge is 0.504 e. The lowest BCUT2D eigenvalue weighted by atomic mass is 10.2. The molecule has 6 nitrogen and oxygen atoms in total. The Labute approximate surface area is 155 Å². The highest BCUT2D eigenvalue weighted by Crippen LogP contribution is 2.32. The van der Waals surface area contributed by atoms with Gasteiger partial charge in [-0.15, -0.1) is 0 Å². The van der Waals surface area contributed by atoms with Gasteiger partial charge in [-0.25, -0.2) is 5.43 Å². The Morgan fingerprint density at radius 2 is 2.00 bits per heavy atom. The number of hydrazone groups is 1. The third-order valence-electron chi connectivity index (χ3n) is 3.50. The maximum Gasteiger partial charge on any atom is 0.262 e. The zero-order valence-corrected chi connectivity index (χ0v) is 15.8. The van der Waals surface area contributed by atoms with Crippen LogP contribution in [0, 0.1) is 6.92 Å². The summed E-state index contributed by atoms with van der Waals surface area (Å²) in [6.45, 7) is 3.74. The molecule has 2 aromatic carbocycles. The van der Waals surface area contributed by atoms with E-state index < -0.39 is 6.04 Å². The monoisotopic (exact) mass is 405 g/mol. The van der Waals surface area contributed by atoms with Crippen molar-refractivity contribution in [2.24, 2.45) is 5.10 Å². The third kappa shape index (κ3) is 5.22. The standard InChI is InChI=1S/C18H20BrN3O3/c1-11-4-6-15(7-5-11)21-12(2)18(24)22-20-10-13-8-14(19)9-16(25-3)17(13)23/h4-10,12,21,23H,1-3H3,(H,22,24)/b20-10+. The van der Waals surface area contributed by atoms with Crippen LogP contribution in [0.2, 0.25) is 0 Å². The van der Waals surface area contributed by atoms with E-state index in [9.17, 15) is 9.90 Å². The predicted molar refractivity (Wildman–Crippen MR) is 102 cm³/mol. The van der Waals surface area contributed by atoms with Gasteiger partial charge in [0.1, 0.15) is 6.04 Å². The van der Waals surface area contributed by atoms with Crippen LogP contribution >= 0.6 is 15.9 Å². The lowest BCUT2D eigenvalue weighted by Crippen LogP contribution is -2.34. The number of nitrogens with one attached hydrogen (secondary N) is 2. The fourth-order valence-electron chi connectivity index (χ4n) is 2.08. The second-order valence-electron chi connectivity index (χ2n) is 5.51. The smallest absolute Gasteiger partial charge is 0.262 e. The Morgan fingerprint density at radius 3 is 2.64 bits per heavy atom. The van der Waals surface area contributed by atoms with Crippen molar-refractivity contribution in [1.29, 1.82) is 0 Å². The van der Waals surface area contributed by atoms with Gasteiger partial charge in [0.2, 0.25) is 0 Å². The van der Waals surface area contributed by atoms with Crippen molar-refractivity contribution >= 4 is 33.7 Å². The van der Waals surface area contributed by atoms with Gasteiger partial charge >= 0.3 is 0 Å². The lowest BCUT2D eigenvalue weighted by molar-refractivity contribution is -0.121. The SMILES string of the molecule is COc1cc(Br)cc(/C=N/NC(=O)C(C)Nc2ccc(C)cc2)c1O. The van der Waals surface area contributed by atoms with Crippen molar-refractivity contribution in [3.63, 3.8) is 0 Å². The van der Waals surface area contributed by atoms with Gasteiger partial charge in [-0.1, -0.05) is 33.6 Å². The number of methoxy groups -OCH3 is 1. The van der Waals surface area contributed by atoms with Gasteiger partial charge in [0.05, 0.1) is 13.3 Å². The van der Waals surface area contributed by atoms with Gasteiger partial charge in [0.15, 0.2) is 11.5 Å². The number of anilines is 1. The molecule has 2 rings (SSSR count). The van der Waals surface area contributed by atoms with E-state index in [0.29, 0.717) is 11.3 Å². The van der Waals surface area contributed by atoms with E-state index in [-0.39, 0.29) is 11.7 Å². The molecule has 1 amide bonds. The summed E-state index contributed by atoms with van der Waals surface area (Å²) in [5.74, 6) is -0.0237. The average molecular weight is 406 g/mol. The maximum atomic E-state index is 12.1. The molecule has 25 heavy (non-hydrogen) atoms. The summed E-state index contributed by atoms with van der Waals surface area (Å²) in [4.78, 5) is 12.1. The second kappa shape index (κ2) is 8.53. The van der Waals surface area contributed by atoms with E-state index in [1.165, 1.54) is 13.3 Å². The highest BCUT2D eigenvalue weighted by molar-refractivity contribution is 9.10. The molecule has 0 saturated carbocycles. The minimum absolute atomic E-state index is 0.0467. The molecule has 2 aromatic rings. The lowest BCUT2D eigenvalue weighted by Gasteiger charge is -2.13. The molecule has 0 spiro atoms. The number of nitrogens with zero attached hydrogens (tertiary/aromatic N) is 1. The quantitative estimate of drug-likeness (QED) is 0.507. The summed E-state index contributed by atoms with van der Waals surface area (Å²) in [6.07, 6.45) is 1.36. The number of aryl methyl sites for hydroxylation is 1. The molecule has 1 atom stereocenters. The van der Waals surface area contributed by atoms with Gasteiger partial charge in [0, 0.05) is 15.7 Å². The van der Waals surface area contributed by atoms with Gasteiger partial charge in [-0.2, -0.15) is 5.10 Å². The molecule has 132 valence electrons. The van der Waals surface area contributed by atoms with Crippen LogP contribution in [0.15, 0.2) is 46.0 Å². The number of ether oxygens (including phenoxy) is 1. The molecule has 0 aromatic heterocycles. The van der Waals surface area contributed by atoms with E-state index in [2.05, 4.69) is 31.8 Å². The van der Waals surface area contributed by atoms with Crippen LogP contribution in [0.3, 0.4) is 0 Å². The summed E-state index contributed by atoms with van der Waals surface area (Å²) < 4.78 is 5.79. The minimum atomic E-state index is -0.467. The average Bonchev–Trinajstić information content (AvgIpc) is 2.59. The Balaban J connectivity index is 1.98. The first kappa shape index (κ1) is 18.8. The first-order valence-corrected chi connectivity index (χ1v) is 8.42. The molecular weight excluding hydrogens is 386 g/mol. The third-order valence-corrected chi connectivity index (χ3v) is 3.95. The number of aromatic hydroxyl groups is 1. The zero-order valence-electron chi connectivity index (χ0n) is 14.2. The Hall–Kier alpha value is -2.54. The van der Waals surface area contributed by atoms with Crippen molar-refractivity contribution in [3.8, 4) is 11.5 Å². The molecule has 7 heteroatoms. The van der Waals surface area contributed by atoms with Crippen LogP contribution in [0.5, 0.6) is 11.5 Å². The number of hydrogen-bond donors (Lipinski definition) is 3. The van der Waals surface area contributed by atoms with Crippen LogP contribution < -0.4 is 15.5 Å². The molecule has 3 N–H and O–H groups in total. The van der Waals surface area contributed by atoms with Crippen LogP contribution in [-0.4, -0.2) is 30.4 Å². The van der Waals surface area contributed by atoms with Crippen molar-refractivity contribution in [1.82, 2.24) is 5.43 Å². The van der Waals surface area contributed by atoms with Crippen LogP contribution in [-0.2, 0) is 4.79 Å². The number of halogens is 1. The van der Waals surface area contributed by atoms with Gasteiger partial charge < -0.3 is 15.2 Å². The zero-order chi connectivity index (χ0) is 18.4. The number of carbonyl (C=O) groups excluding carboxylic acids is 1. The molecule has 0 saturated heterocycles. The number of hydrogen-bond acceptors (Lipinski definition) is 5.